The number of rotatable bonds is 3. The van der Waals surface area contributed by atoms with Gasteiger partial charge in [-0.25, -0.2) is 9.97 Å². The maximum absolute atomic E-state index is 12.5. The van der Waals surface area contributed by atoms with Crippen molar-refractivity contribution in [2.75, 3.05) is 38.7 Å². The van der Waals surface area contributed by atoms with E-state index in [-0.39, 0.29) is 5.41 Å². The van der Waals surface area contributed by atoms with Gasteiger partial charge in [-0.05, 0) is 25.2 Å². The number of amides is 1. The first-order valence-corrected chi connectivity index (χ1v) is 8.47. The van der Waals surface area contributed by atoms with Crippen LogP contribution in [0.2, 0.25) is 0 Å². The molecule has 0 unspecified atom stereocenters. The van der Waals surface area contributed by atoms with Crippen molar-refractivity contribution < 1.29 is 9.53 Å². The summed E-state index contributed by atoms with van der Waals surface area (Å²) in [5.74, 6) is 1.67. The fraction of sp³-hybridized carbons (Fsp3) is 0.706. The van der Waals surface area contributed by atoms with E-state index in [4.69, 9.17) is 9.72 Å². The molecule has 3 heterocycles. The van der Waals surface area contributed by atoms with Gasteiger partial charge in [-0.15, -0.1) is 0 Å². The van der Waals surface area contributed by atoms with Crippen LogP contribution in [0.4, 0.5) is 5.95 Å². The Hall–Kier alpha value is -1.69. The Kier molecular flexibility index (Phi) is 3.52. The van der Waals surface area contributed by atoms with E-state index in [0.717, 1.165) is 43.1 Å². The summed E-state index contributed by atoms with van der Waals surface area (Å²) in [5.41, 5.74) is 2.00. The number of nitrogens with zero attached hydrogens (tertiary/aromatic N) is 4. The Morgan fingerprint density at radius 1 is 1.48 bits per heavy atom. The summed E-state index contributed by atoms with van der Waals surface area (Å²) >= 11 is 0. The molecule has 1 aromatic heterocycles. The molecule has 124 valence electrons. The fourth-order valence-electron chi connectivity index (χ4n) is 3.70. The number of anilines is 1. The molecule has 1 aromatic rings. The van der Waals surface area contributed by atoms with E-state index in [1.165, 1.54) is 12.8 Å². The van der Waals surface area contributed by atoms with Crippen molar-refractivity contribution in [3.05, 3.63) is 17.5 Å². The van der Waals surface area contributed by atoms with E-state index in [2.05, 4.69) is 4.98 Å². The van der Waals surface area contributed by atoms with E-state index in [0.29, 0.717) is 25.0 Å². The van der Waals surface area contributed by atoms with Crippen molar-refractivity contribution in [2.45, 2.75) is 37.7 Å². The van der Waals surface area contributed by atoms with Crippen LogP contribution in [0.5, 0.6) is 0 Å². The van der Waals surface area contributed by atoms with E-state index in [9.17, 15) is 4.79 Å². The molecule has 6 nitrogen and oxygen atoms in total. The highest BCUT2D eigenvalue weighted by molar-refractivity contribution is 5.77. The topological polar surface area (TPSA) is 58.6 Å². The third-order valence-electron chi connectivity index (χ3n) is 5.26. The third kappa shape index (κ3) is 2.69. The first kappa shape index (κ1) is 14.9. The first-order valence-electron chi connectivity index (χ1n) is 8.47. The molecule has 1 amide bonds. The summed E-state index contributed by atoms with van der Waals surface area (Å²) in [6.45, 7) is 2.77. The lowest BCUT2D eigenvalue weighted by Crippen LogP contribution is -2.42. The average Bonchev–Trinajstić information content (AvgIpc) is 3.25. The molecule has 4 rings (SSSR count). The van der Waals surface area contributed by atoms with Gasteiger partial charge in [-0.2, -0.15) is 0 Å². The highest BCUT2D eigenvalue weighted by atomic mass is 16.5. The zero-order valence-corrected chi connectivity index (χ0v) is 13.9. The van der Waals surface area contributed by atoms with Crippen LogP contribution in [0.3, 0.4) is 0 Å². The van der Waals surface area contributed by atoms with Crippen LogP contribution in [-0.4, -0.2) is 54.6 Å². The summed E-state index contributed by atoms with van der Waals surface area (Å²) in [4.78, 5) is 25.6. The van der Waals surface area contributed by atoms with E-state index >= 15 is 0 Å². The lowest BCUT2D eigenvalue weighted by Gasteiger charge is -2.34. The number of carbonyl (C=O) groups excluding carboxylic acids is 1. The zero-order valence-electron chi connectivity index (χ0n) is 13.9. The summed E-state index contributed by atoms with van der Waals surface area (Å²) in [6.07, 6.45) is 5.97. The zero-order chi connectivity index (χ0) is 16.0. The van der Waals surface area contributed by atoms with E-state index < -0.39 is 0 Å². The summed E-state index contributed by atoms with van der Waals surface area (Å²) in [7, 11) is 3.90. The SMILES string of the molecule is CN(C)c1ncc2c(n1)[C@@]1(CCN(C(=O)CC3CC3)C1)COC2. The van der Waals surface area contributed by atoms with Crippen LogP contribution in [-0.2, 0) is 21.6 Å². The Morgan fingerprint density at radius 2 is 2.30 bits per heavy atom. The molecule has 23 heavy (non-hydrogen) atoms. The summed E-state index contributed by atoms with van der Waals surface area (Å²) < 4.78 is 5.82. The second kappa shape index (κ2) is 5.44. The molecule has 6 heteroatoms. The van der Waals surface area contributed by atoms with Gasteiger partial charge in [0, 0.05) is 45.4 Å². The smallest absolute Gasteiger partial charge is 0.225 e. The fourth-order valence-corrected chi connectivity index (χ4v) is 3.70. The molecular formula is C17H24N4O2. The van der Waals surface area contributed by atoms with Gasteiger partial charge < -0.3 is 14.5 Å². The predicted molar refractivity (Wildman–Crippen MR) is 86.2 cm³/mol. The average molecular weight is 316 g/mol. The molecule has 1 atom stereocenters. The minimum atomic E-state index is -0.152. The van der Waals surface area contributed by atoms with E-state index in [1.54, 1.807) is 0 Å². The Bertz CT molecular complexity index is 629. The Labute approximate surface area is 136 Å². The lowest BCUT2D eigenvalue weighted by atomic mass is 9.80. The summed E-state index contributed by atoms with van der Waals surface area (Å²) in [5, 5.41) is 0. The normalized spacial score (nSPS) is 26.4. The van der Waals surface area contributed by atoms with Gasteiger partial charge in [0.2, 0.25) is 11.9 Å². The monoisotopic (exact) mass is 316 g/mol. The van der Waals surface area contributed by atoms with Gasteiger partial charge in [0.1, 0.15) is 0 Å². The van der Waals surface area contributed by atoms with Crippen LogP contribution >= 0.6 is 0 Å². The first-order chi connectivity index (χ1) is 11.1. The number of aromatic nitrogens is 2. The van der Waals surface area contributed by atoms with Crippen molar-refractivity contribution in [1.82, 2.24) is 14.9 Å². The number of likely N-dealkylation sites (tertiary alicyclic amines) is 1. The molecule has 1 spiro atoms. The number of hydrogen-bond donors (Lipinski definition) is 0. The quantitative estimate of drug-likeness (QED) is 0.842. The van der Waals surface area contributed by atoms with Crippen LogP contribution in [0, 0.1) is 5.92 Å². The molecule has 2 fully saturated rings. The molecule has 0 aromatic carbocycles. The number of carbonyl (C=O) groups is 1. The standard InChI is InChI=1S/C17H24N4O2/c1-20(2)16-18-8-13-9-23-11-17(15(13)19-16)5-6-21(10-17)14(22)7-12-3-4-12/h8,12H,3-7,9-11H2,1-2H3/t17-/m1/s1. The predicted octanol–water partition coefficient (Wildman–Crippen LogP) is 1.34. The molecule has 1 saturated carbocycles. The van der Waals surface area contributed by atoms with Gasteiger partial charge in [0.15, 0.2) is 0 Å². The van der Waals surface area contributed by atoms with Crippen LogP contribution < -0.4 is 4.90 Å². The van der Waals surface area contributed by atoms with Gasteiger partial charge in [0.25, 0.3) is 0 Å². The highest BCUT2D eigenvalue weighted by Gasteiger charge is 2.46. The molecule has 3 aliphatic rings. The van der Waals surface area contributed by atoms with Crippen molar-refractivity contribution in [3.8, 4) is 0 Å². The maximum atomic E-state index is 12.5. The lowest BCUT2D eigenvalue weighted by molar-refractivity contribution is -0.130. The molecule has 1 saturated heterocycles. The number of fused-ring (bicyclic) bond motifs is 2. The molecular weight excluding hydrogens is 292 g/mol. The maximum Gasteiger partial charge on any atom is 0.225 e. The van der Waals surface area contributed by atoms with Crippen molar-refractivity contribution in [1.29, 1.82) is 0 Å². The van der Waals surface area contributed by atoms with Gasteiger partial charge in [0.05, 0.1) is 24.3 Å². The van der Waals surface area contributed by atoms with Crippen molar-refractivity contribution in [3.63, 3.8) is 0 Å². The van der Waals surface area contributed by atoms with Gasteiger partial charge in [-0.1, -0.05) is 0 Å². The van der Waals surface area contributed by atoms with Crippen molar-refractivity contribution >= 4 is 11.9 Å². The number of hydrogen-bond acceptors (Lipinski definition) is 5. The van der Waals surface area contributed by atoms with Crippen molar-refractivity contribution in [2.24, 2.45) is 5.92 Å². The molecule has 0 radical (unpaired) electrons. The van der Waals surface area contributed by atoms with E-state index in [1.807, 2.05) is 30.1 Å². The van der Waals surface area contributed by atoms with Crippen LogP contribution in [0.1, 0.15) is 36.9 Å². The van der Waals surface area contributed by atoms with Crippen LogP contribution in [0.15, 0.2) is 6.20 Å². The number of ether oxygens (including phenoxy) is 1. The minimum absolute atomic E-state index is 0.152. The summed E-state index contributed by atoms with van der Waals surface area (Å²) in [6, 6.07) is 0. The highest BCUT2D eigenvalue weighted by Crippen LogP contribution is 2.40. The minimum Gasteiger partial charge on any atom is -0.376 e. The third-order valence-corrected chi connectivity index (χ3v) is 5.26. The molecule has 0 N–H and O–H groups in total. The largest absolute Gasteiger partial charge is 0.376 e. The second-order valence-corrected chi connectivity index (χ2v) is 7.42. The van der Waals surface area contributed by atoms with Crippen LogP contribution in [0.25, 0.3) is 0 Å². The Morgan fingerprint density at radius 3 is 3.04 bits per heavy atom. The molecule has 0 bridgehead atoms. The molecule has 2 aliphatic heterocycles. The Balaban J connectivity index is 1.60. The molecule has 1 aliphatic carbocycles. The second-order valence-electron chi connectivity index (χ2n) is 7.42. The van der Waals surface area contributed by atoms with Gasteiger partial charge in [-0.3, -0.25) is 4.79 Å². The van der Waals surface area contributed by atoms with Gasteiger partial charge >= 0.3 is 0 Å².